The molecule has 21 heavy (non-hydrogen) atoms. The summed E-state index contributed by atoms with van der Waals surface area (Å²) in [5, 5.41) is 0. The molecule has 0 aliphatic carbocycles. The van der Waals surface area contributed by atoms with Gasteiger partial charge in [-0.15, -0.1) is 0 Å². The molecule has 2 heterocycles. The maximum atomic E-state index is 6.43. The van der Waals surface area contributed by atoms with Crippen LogP contribution in [-0.4, -0.2) is 83.2 Å². The van der Waals surface area contributed by atoms with Crippen molar-refractivity contribution in [2.45, 2.75) is 39.4 Å². The summed E-state index contributed by atoms with van der Waals surface area (Å²) in [6, 6.07) is 0. The lowest BCUT2D eigenvalue weighted by molar-refractivity contribution is -0.131. The maximum absolute atomic E-state index is 6.43. The van der Waals surface area contributed by atoms with E-state index in [9.17, 15) is 0 Å². The van der Waals surface area contributed by atoms with Crippen LogP contribution in [0.15, 0.2) is 0 Å². The van der Waals surface area contributed by atoms with Crippen LogP contribution in [0.2, 0.25) is 0 Å². The first kappa shape index (κ1) is 17.3. The maximum Gasteiger partial charge on any atom is 0.600 e. The SMILES string of the molecule is CCO[Si]1(N2CCN(C)CC2)OC(C)COCC(C)(C)O1. The Bertz CT molecular complexity index is 337. The van der Waals surface area contributed by atoms with E-state index in [0.717, 1.165) is 26.2 Å². The zero-order valence-corrected chi connectivity index (χ0v) is 15.1. The number of likely N-dealkylation sites (N-methyl/N-ethyl adjacent to an activating group) is 1. The van der Waals surface area contributed by atoms with Gasteiger partial charge in [0, 0.05) is 32.8 Å². The van der Waals surface area contributed by atoms with Crippen LogP contribution < -0.4 is 0 Å². The van der Waals surface area contributed by atoms with Crippen LogP contribution in [0, 0.1) is 0 Å². The molecular formula is C14H30N2O4Si. The van der Waals surface area contributed by atoms with Gasteiger partial charge in [-0.25, -0.2) is 0 Å². The van der Waals surface area contributed by atoms with Crippen molar-refractivity contribution in [3.63, 3.8) is 0 Å². The molecule has 2 aliphatic rings. The van der Waals surface area contributed by atoms with E-state index in [1.165, 1.54) is 0 Å². The second kappa shape index (κ2) is 7.04. The number of piperazine rings is 1. The second-order valence-electron chi connectivity index (χ2n) is 6.55. The van der Waals surface area contributed by atoms with Gasteiger partial charge in [0.15, 0.2) is 0 Å². The Labute approximate surface area is 129 Å². The molecule has 2 rings (SSSR count). The molecule has 124 valence electrons. The molecule has 0 spiro atoms. The Hall–Kier alpha value is -0.0231. The topological polar surface area (TPSA) is 43.4 Å². The van der Waals surface area contributed by atoms with Gasteiger partial charge in [-0.2, -0.15) is 0 Å². The lowest BCUT2D eigenvalue weighted by atomic mass is 10.2. The quantitative estimate of drug-likeness (QED) is 0.722. The fourth-order valence-electron chi connectivity index (χ4n) is 2.72. The van der Waals surface area contributed by atoms with Crippen molar-refractivity contribution in [3.05, 3.63) is 0 Å². The van der Waals surface area contributed by atoms with E-state index in [2.05, 4.69) is 16.5 Å². The molecule has 0 saturated carbocycles. The lowest BCUT2D eigenvalue weighted by Gasteiger charge is -2.47. The fraction of sp³-hybridized carbons (Fsp3) is 1.00. The van der Waals surface area contributed by atoms with Crippen LogP contribution >= 0.6 is 0 Å². The first-order valence-corrected chi connectivity index (χ1v) is 9.57. The summed E-state index contributed by atoms with van der Waals surface area (Å²) in [7, 11) is -0.720. The zero-order valence-electron chi connectivity index (χ0n) is 14.1. The van der Waals surface area contributed by atoms with E-state index in [0.29, 0.717) is 19.8 Å². The van der Waals surface area contributed by atoms with E-state index in [1.807, 2.05) is 27.7 Å². The van der Waals surface area contributed by atoms with Crippen molar-refractivity contribution < 1.29 is 18.0 Å². The lowest BCUT2D eigenvalue weighted by Crippen LogP contribution is -2.69. The third-order valence-electron chi connectivity index (χ3n) is 3.77. The minimum absolute atomic E-state index is 0.0148. The average molecular weight is 318 g/mol. The van der Waals surface area contributed by atoms with E-state index in [4.69, 9.17) is 18.0 Å². The molecule has 2 aliphatic heterocycles. The minimum Gasteiger partial charge on any atom is -0.376 e. The van der Waals surface area contributed by atoms with Crippen molar-refractivity contribution in [3.8, 4) is 0 Å². The number of hydrogen-bond donors (Lipinski definition) is 0. The Morgan fingerprint density at radius 1 is 1.24 bits per heavy atom. The van der Waals surface area contributed by atoms with Gasteiger partial charge in [0.05, 0.1) is 24.9 Å². The molecule has 6 nitrogen and oxygen atoms in total. The van der Waals surface area contributed by atoms with E-state index in [-0.39, 0.29) is 6.10 Å². The van der Waals surface area contributed by atoms with E-state index < -0.39 is 14.6 Å². The average Bonchev–Trinajstić information content (AvgIpc) is 2.37. The number of rotatable bonds is 3. The van der Waals surface area contributed by atoms with Gasteiger partial charge in [-0.05, 0) is 34.7 Å². The van der Waals surface area contributed by atoms with Gasteiger partial charge in [-0.1, -0.05) is 0 Å². The van der Waals surface area contributed by atoms with E-state index in [1.54, 1.807) is 0 Å². The Morgan fingerprint density at radius 3 is 2.52 bits per heavy atom. The first-order chi connectivity index (χ1) is 9.87. The van der Waals surface area contributed by atoms with Crippen LogP contribution in [0.4, 0.5) is 0 Å². The molecule has 0 aromatic heterocycles. The first-order valence-electron chi connectivity index (χ1n) is 7.90. The Morgan fingerprint density at radius 2 is 1.90 bits per heavy atom. The molecule has 2 unspecified atom stereocenters. The normalized spacial score (nSPS) is 36.1. The monoisotopic (exact) mass is 318 g/mol. The summed E-state index contributed by atoms with van der Waals surface area (Å²) in [6.07, 6.45) is -0.0148. The molecule has 0 bridgehead atoms. The van der Waals surface area contributed by atoms with Gasteiger partial charge < -0.3 is 22.9 Å². The summed E-state index contributed by atoms with van der Waals surface area (Å²) in [5.41, 5.74) is -0.398. The van der Waals surface area contributed by atoms with Crippen LogP contribution in [0.3, 0.4) is 0 Å². The summed E-state index contributed by atoms with van der Waals surface area (Å²) in [4.78, 5) is 2.32. The summed E-state index contributed by atoms with van der Waals surface area (Å²) in [6.45, 7) is 13.7. The fourth-order valence-corrected chi connectivity index (χ4v) is 5.80. The number of hydrogen-bond acceptors (Lipinski definition) is 6. The highest BCUT2D eigenvalue weighted by molar-refractivity contribution is 6.57. The summed E-state index contributed by atoms with van der Waals surface area (Å²) >= 11 is 0. The molecular weight excluding hydrogens is 288 g/mol. The highest BCUT2D eigenvalue weighted by atomic mass is 28.4. The van der Waals surface area contributed by atoms with Crippen molar-refractivity contribution in [2.75, 3.05) is 53.0 Å². The van der Waals surface area contributed by atoms with Crippen LogP contribution in [0.5, 0.6) is 0 Å². The Balaban J connectivity index is 2.22. The molecule has 0 aromatic carbocycles. The van der Waals surface area contributed by atoms with E-state index >= 15 is 0 Å². The van der Waals surface area contributed by atoms with Gasteiger partial charge in [-0.3, -0.25) is 4.57 Å². The molecule has 2 atom stereocenters. The highest BCUT2D eigenvalue weighted by Crippen LogP contribution is 2.28. The molecule has 0 aromatic rings. The third-order valence-corrected chi connectivity index (χ3v) is 7.16. The van der Waals surface area contributed by atoms with Crippen LogP contribution in [0.1, 0.15) is 27.7 Å². The van der Waals surface area contributed by atoms with Crippen molar-refractivity contribution in [1.29, 1.82) is 0 Å². The van der Waals surface area contributed by atoms with Crippen LogP contribution in [0.25, 0.3) is 0 Å². The predicted molar refractivity (Wildman–Crippen MR) is 83.0 cm³/mol. The molecule has 0 amide bonds. The highest BCUT2D eigenvalue weighted by Gasteiger charge is 2.54. The van der Waals surface area contributed by atoms with Crippen molar-refractivity contribution in [2.24, 2.45) is 0 Å². The van der Waals surface area contributed by atoms with Gasteiger partial charge in [0.2, 0.25) is 0 Å². The smallest absolute Gasteiger partial charge is 0.376 e. The molecule has 2 saturated heterocycles. The second-order valence-corrected chi connectivity index (χ2v) is 8.96. The van der Waals surface area contributed by atoms with Crippen LogP contribution in [-0.2, 0) is 18.0 Å². The van der Waals surface area contributed by atoms with Crippen molar-refractivity contribution in [1.82, 2.24) is 9.47 Å². The molecule has 2 fully saturated rings. The van der Waals surface area contributed by atoms with Crippen molar-refractivity contribution >= 4 is 8.97 Å². The standard InChI is InChI=1S/C14H30N2O4Si/c1-6-18-21(16-9-7-15(5)8-10-16)19-13(2)11-17-12-14(3,4)20-21/h13H,6-12H2,1-5H3. The Kier molecular flexibility index (Phi) is 5.81. The zero-order chi connectivity index (χ0) is 15.5. The van der Waals surface area contributed by atoms with Gasteiger partial charge in [0.1, 0.15) is 0 Å². The predicted octanol–water partition coefficient (Wildman–Crippen LogP) is 0.936. The summed E-state index contributed by atoms with van der Waals surface area (Å²) in [5.74, 6) is 0. The van der Waals surface area contributed by atoms with Gasteiger partial charge in [0.25, 0.3) is 0 Å². The summed E-state index contributed by atoms with van der Waals surface area (Å²) < 4.78 is 26.8. The molecule has 7 heteroatoms. The number of ether oxygens (including phenoxy) is 1. The van der Waals surface area contributed by atoms with Gasteiger partial charge >= 0.3 is 8.97 Å². The largest absolute Gasteiger partial charge is 0.600 e. The number of nitrogens with zero attached hydrogens (tertiary/aromatic N) is 2. The molecule has 0 radical (unpaired) electrons. The third kappa shape index (κ3) is 4.48. The molecule has 0 N–H and O–H groups in total. The minimum atomic E-state index is -2.87.